The van der Waals surface area contributed by atoms with Crippen LogP contribution >= 0.6 is 11.6 Å². The lowest BCUT2D eigenvalue weighted by Crippen LogP contribution is -2.30. The van der Waals surface area contributed by atoms with E-state index in [2.05, 4.69) is 15.0 Å². The summed E-state index contributed by atoms with van der Waals surface area (Å²) < 4.78 is 14.1. The Morgan fingerprint density at radius 1 is 1.35 bits per heavy atom. The number of alkyl halides is 1. The van der Waals surface area contributed by atoms with Crippen LogP contribution < -0.4 is 4.90 Å². The third-order valence-electron chi connectivity index (χ3n) is 3.58. The zero-order chi connectivity index (χ0) is 13.9. The Balaban J connectivity index is 1.84. The first-order chi connectivity index (χ1) is 9.78. The van der Waals surface area contributed by atoms with Gasteiger partial charge in [-0.15, -0.1) is 0 Å². The van der Waals surface area contributed by atoms with Gasteiger partial charge in [0.2, 0.25) is 0 Å². The fraction of sp³-hybridized carbons (Fsp3) is 0.429. The number of benzene rings is 1. The molecule has 1 aliphatic heterocycles. The van der Waals surface area contributed by atoms with Gasteiger partial charge in [-0.25, -0.2) is 14.1 Å². The molecule has 106 valence electrons. The van der Waals surface area contributed by atoms with Crippen molar-refractivity contribution in [1.29, 1.82) is 0 Å². The predicted molar refractivity (Wildman–Crippen MR) is 76.8 cm³/mol. The maximum absolute atomic E-state index is 12.5. The van der Waals surface area contributed by atoms with E-state index in [1.165, 1.54) is 17.6 Å². The van der Waals surface area contributed by atoms with Gasteiger partial charge in [-0.05, 0) is 36.6 Å². The summed E-state index contributed by atoms with van der Waals surface area (Å²) in [6, 6.07) is 5.98. The number of fused-ring (bicyclic) bond motifs is 1. The highest BCUT2D eigenvalue weighted by atomic mass is 35.5. The first-order valence-corrected chi connectivity index (χ1v) is 7.12. The zero-order valence-electron chi connectivity index (χ0n) is 11.1. The maximum Gasteiger partial charge on any atom is 0.146 e. The number of halogens is 2. The molecule has 3 rings (SSSR count). The molecule has 4 nitrogen and oxygen atoms in total. The molecule has 1 aromatic heterocycles. The van der Waals surface area contributed by atoms with Gasteiger partial charge in [0.15, 0.2) is 0 Å². The first-order valence-electron chi connectivity index (χ1n) is 6.74. The van der Waals surface area contributed by atoms with Gasteiger partial charge >= 0.3 is 0 Å². The van der Waals surface area contributed by atoms with Crippen LogP contribution in [0.1, 0.15) is 17.8 Å². The van der Waals surface area contributed by atoms with E-state index in [9.17, 15) is 4.39 Å². The Labute approximate surface area is 122 Å². The van der Waals surface area contributed by atoms with E-state index in [0.717, 1.165) is 30.2 Å². The van der Waals surface area contributed by atoms with E-state index in [4.69, 9.17) is 11.6 Å². The number of anilines is 1. The molecule has 1 aromatic carbocycles. The molecule has 0 amide bonds. The average Bonchev–Trinajstić information content (AvgIpc) is 2.86. The molecular formula is C14H16ClFN4. The average molecular weight is 295 g/mol. The summed E-state index contributed by atoms with van der Waals surface area (Å²) in [6.07, 6.45) is 3.62. The molecule has 0 N–H and O–H groups in total. The Bertz CT molecular complexity index is 599. The quantitative estimate of drug-likeness (QED) is 0.869. The second kappa shape index (κ2) is 5.79. The van der Waals surface area contributed by atoms with Crippen molar-refractivity contribution in [2.75, 3.05) is 18.1 Å². The highest BCUT2D eigenvalue weighted by Gasteiger charge is 2.19. The van der Waals surface area contributed by atoms with Crippen LogP contribution in [0.5, 0.6) is 0 Å². The van der Waals surface area contributed by atoms with E-state index >= 15 is 0 Å². The molecule has 0 bridgehead atoms. The molecular weight excluding hydrogens is 279 g/mol. The lowest BCUT2D eigenvalue weighted by molar-refractivity contribution is 0.417. The topological polar surface area (TPSA) is 34.0 Å². The van der Waals surface area contributed by atoms with Crippen LogP contribution in [0.25, 0.3) is 0 Å². The largest absolute Gasteiger partial charge is 0.364 e. The van der Waals surface area contributed by atoms with Gasteiger partial charge in [-0.2, -0.15) is 5.10 Å². The SMILES string of the molecule is FCCn1ncnc1CN1CCCc2cc(Cl)ccc21. The minimum atomic E-state index is -0.428. The highest BCUT2D eigenvalue weighted by molar-refractivity contribution is 6.30. The zero-order valence-corrected chi connectivity index (χ0v) is 11.9. The van der Waals surface area contributed by atoms with Crippen LogP contribution in [-0.2, 0) is 19.5 Å². The van der Waals surface area contributed by atoms with Gasteiger partial charge in [0.25, 0.3) is 0 Å². The van der Waals surface area contributed by atoms with Gasteiger partial charge in [0, 0.05) is 17.3 Å². The number of aryl methyl sites for hydroxylation is 2. The highest BCUT2D eigenvalue weighted by Crippen LogP contribution is 2.30. The van der Waals surface area contributed by atoms with Crippen molar-refractivity contribution in [3.8, 4) is 0 Å². The molecule has 0 unspecified atom stereocenters. The minimum Gasteiger partial charge on any atom is -0.364 e. The molecule has 0 spiro atoms. The second-order valence-corrected chi connectivity index (χ2v) is 5.32. The summed E-state index contributed by atoms with van der Waals surface area (Å²) in [5.41, 5.74) is 2.45. The van der Waals surface area contributed by atoms with Crippen molar-refractivity contribution in [2.45, 2.75) is 25.9 Å². The van der Waals surface area contributed by atoms with Crippen LogP contribution in [0.3, 0.4) is 0 Å². The molecule has 0 radical (unpaired) electrons. The number of hydrogen-bond donors (Lipinski definition) is 0. The summed E-state index contributed by atoms with van der Waals surface area (Å²) in [4.78, 5) is 6.49. The standard InChI is InChI=1S/C14H16ClFN4/c15-12-3-4-13-11(8-12)2-1-6-19(13)9-14-17-10-18-20(14)7-5-16/h3-4,8,10H,1-2,5-7,9H2. The van der Waals surface area contributed by atoms with Crippen molar-refractivity contribution < 1.29 is 4.39 Å². The van der Waals surface area contributed by atoms with Gasteiger partial charge in [0.05, 0.1) is 13.1 Å². The van der Waals surface area contributed by atoms with E-state index in [-0.39, 0.29) is 6.54 Å². The molecule has 0 saturated heterocycles. The van der Waals surface area contributed by atoms with E-state index in [1.54, 1.807) is 4.68 Å². The summed E-state index contributed by atoms with van der Waals surface area (Å²) in [7, 11) is 0. The van der Waals surface area contributed by atoms with Crippen LogP contribution in [0.2, 0.25) is 5.02 Å². The lowest BCUT2D eigenvalue weighted by Gasteiger charge is -2.31. The number of nitrogens with zero attached hydrogens (tertiary/aromatic N) is 4. The molecule has 2 heterocycles. The summed E-state index contributed by atoms with van der Waals surface area (Å²) in [5.74, 6) is 0.797. The van der Waals surface area contributed by atoms with Crippen LogP contribution in [0.15, 0.2) is 24.5 Å². The van der Waals surface area contributed by atoms with E-state index < -0.39 is 6.67 Å². The van der Waals surface area contributed by atoms with Crippen molar-refractivity contribution >= 4 is 17.3 Å². The summed E-state index contributed by atoms with van der Waals surface area (Å²) in [5, 5.41) is 4.83. The molecule has 0 atom stereocenters. The smallest absolute Gasteiger partial charge is 0.146 e. The lowest BCUT2D eigenvalue weighted by atomic mass is 10.0. The molecule has 6 heteroatoms. The van der Waals surface area contributed by atoms with Gasteiger partial charge in [-0.3, -0.25) is 0 Å². The maximum atomic E-state index is 12.5. The summed E-state index contributed by atoms with van der Waals surface area (Å²) in [6.45, 7) is 1.45. The molecule has 1 aliphatic rings. The van der Waals surface area contributed by atoms with Crippen molar-refractivity contribution in [3.63, 3.8) is 0 Å². The fourth-order valence-electron chi connectivity index (χ4n) is 2.66. The third-order valence-corrected chi connectivity index (χ3v) is 3.82. The second-order valence-electron chi connectivity index (χ2n) is 4.89. The Morgan fingerprint density at radius 3 is 3.10 bits per heavy atom. The van der Waals surface area contributed by atoms with Crippen LogP contribution in [0.4, 0.5) is 10.1 Å². The third kappa shape index (κ3) is 2.63. The van der Waals surface area contributed by atoms with Crippen LogP contribution in [0, 0.1) is 0 Å². The molecule has 20 heavy (non-hydrogen) atoms. The Kier molecular flexibility index (Phi) is 3.87. The minimum absolute atomic E-state index is 0.261. The monoisotopic (exact) mass is 294 g/mol. The number of aromatic nitrogens is 3. The van der Waals surface area contributed by atoms with Crippen LogP contribution in [-0.4, -0.2) is 28.0 Å². The Hall–Kier alpha value is -1.62. The van der Waals surface area contributed by atoms with Gasteiger partial charge < -0.3 is 4.90 Å². The number of hydrogen-bond acceptors (Lipinski definition) is 3. The predicted octanol–water partition coefficient (Wildman–Crippen LogP) is 2.85. The Morgan fingerprint density at radius 2 is 2.25 bits per heavy atom. The molecule has 0 aliphatic carbocycles. The fourth-order valence-corrected chi connectivity index (χ4v) is 2.85. The number of rotatable bonds is 4. The molecule has 2 aromatic rings. The first kappa shape index (κ1) is 13.4. The van der Waals surface area contributed by atoms with Crippen molar-refractivity contribution in [1.82, 2.24) is 14.8 Å². The van der Waals surface area contributed by atoms with Crippen molar-refractivity contribution in [2.24, 2.45) is 0 Å². The normalized spacial score (nSPS) is 14.4. The van der Waals surface area contributed by atoms with Crippen molar-refractivity contribution in [3.05, 3.63) is 40.9 Å². The van der Waals surface area contributed by atoms with E-state index in [1.807, 2.05) is 18.2 Å². The van der Waals surface area contributed by atoms with Gasteiger partial charge in [0.1, 0.15) is 18.8 Å². The van der Waals surface area contributed by atoms with Gasteiger partial charge in [-0.1, -0.05) is 11.6 Å². The molecule has 0 fully saturated rings. The molecule has 0 saturated carbocycles. The summed E-state index contributed by atoms with van der Waals surface area (Å²) >= 11 is 6.05. The van der Waals surface area contributed by atoms with E-state index in [0.29, 0.717) is 6.54 Å².